The summed E-state index contributed by atoms with van der Waals surface area (Å²) in [5, 5.41) is 2.70. The first-order valence-electron chi connectivity index (χ1n) is 6.25. The third-order valence-electron chi connectivity index (χ3n) is 3.02. The Bertz CT molecular complexity index is 805. The van der Waals surface area contributed by atoms with E-state index in [9.17, 15) is 0 Å². The summed E-state index contributed by atoms with van der Waals surface area (Å²) in [6.07, 6.45) is 0. The minimum atomic E-state index is 0.310. The Morgan fingerprint density at radius 3 is 2.62 bits per heavy atom. The number of hydrogen-bond donors (Lipinski definition) is 0. The molecule has 106 valence electrons. The van der Waals surface area contributed by atoms with E-state index in [4.69, 9.17) is 39.5 Å². The highest BCUT2D eigenvalue weighted by Gasteiger charge is 2.11. The molecular weight excluding hydrogens is 329 g/mol. The van der Waals surface area contributed by atoms with Crippen LogP contribution < -0.4 is 4.74 Å². The van der Waals surface area contributed by atoms with Gasteiger partial charge in [-0.25, -0.2) is 4.98 Å². The van der Waals surface area contributed by atoms with Crippen molar-refractivity contribution in [1.29, 1.82) is 0 Å². The van der Waals surface area contributed by atoms with Gasteiger partial charge in [0, 0.05) is 5.39 Å². The number of fused-ring (bicyclic) bond motifs is 1. The van der Waals surface area contributed by atoms with E-state index in [0.29, 0.717) is 27.6 Å². The third-order valence-corrected chi connectivity index (χ3v) is 4.09. The molecule has 2 aromatic carbocycles. The van der Waals surface area contributed by atoms with Crippen LogP contribution in [-0.2, 0) is 5.88 Å². The van der Waals surface area contributed by atoms with Crippen LogP contribution in [0.4, 0.5) is 0 Å². The predicted molar refractivity (Wildman–Crippen MR) is 87.8 cm³/mol. The van der Waals surface area contributed by atoms with E-state index in [0.717, 1.165) is 16.5 Å². The van der Waals surface area contributed by atoms with Crippen molar-refractivity contribution in [2.75, 3.05) is 0 Å². The Morgan fingerprint density at radius 1 is 1.00 bits per heavy atom. The zero-order valence-electron chi connectivity index (χ0n) is 10.8. The van der Waals surface area contributed by atoms with Gasteiger partial charge in [-0.1, -0.05) is 47.5 Å². The van der Waals surface area contributed by atoms with Gasteiger partial charge < -0.3 is 4.74 Å². The normalized spacial score (nSPS) is 10.8. The van der Waals surface area contributed by atoms with Gasteiger partial charge >= 0.3 is 0 Å². The molecule has 0 radical (unpaired) electrons. The van der Waals surface area contributed by atoms with Crippen molar-refractivity contribution in [3.63, 3.8) is 0 Å². The van der Waals surface area contributed by atoms with E-state index >= 15 is 0 Å². The summed E-state index contributed by atoms with van der Waals surface area (Å²) < 4.78 is 5.86. The fourth-order valence-electron chi connectivity index (χ4n) is 2.03. The molecule has 0 aliphatic rings. The van der Waals surface area contributed by atoms with E-state index in [-0.39, 0.29) is 0 Å². The minimum Gasteiger partial charge on any atom is -0.437 e. The molecule has 0 saturated heterocycles. The second-order valence-corrected chi connectivity index (χ2v) is 5.48. The molecule has 0 amide bonds. The number of rotatable bonds is 3. The standard InChI is InChI=1S/C16H10Cl3NO/c17-9-11-8-10-4-1-2-5-12(10)16(20-11)21-14-7-3-6-13(18)15(14)19/h1-8H,9H2. The Labute approximate surface area is 137 Å². The van der Waals surface area contributed by atoms with E-state index in [1.165, 1.54) is 0 Å². The molecular formula is C16H10Cl3NO. The zero-order valence-corrected chi connectivity index (χ0v) is 13.1. The molecule has 3 aromatic rings. The number of benzene rings is 2. The number of ether oxygens (including phenoxy) is 1. The molecule has 0 unspecified atom stereocenters. The van der Waals surface area contributed by atoms with E-state index in [1.54, 1.807) is 18.2 Å². The lowest BCUT2D eigenvalue weighted by molar-refractivity contribution is 0.468. The highest BCUT2D eigenvalue weighted by Crippen LogP contribution is 2.36. The predicted octanol–water partition coefficient (Wildman–Crippen LogP) is 6.07. The van der Waals surface area contributed by atoms with Crippen molar-refractivity contribution in [1.82, 2.24) is 4.98 Å². The maximum absolute atomic E-state index is 6.16. The third kappa shape index (κ3) is 2.93. The molecule has 0 atom stereocenters. The molecule has 2 nitrogen and oxygen atoms in total. The fraction of sp³-hybridized carbons (Fsp3) is 0.0625. The quantitative estimate of drug-likeness (QED) is 0.540. The van der Waals surface area contributed by atoms with E-state index in [2.05, 4.69) is 4.98 Å². The van der Waals surface area contributed by atoms with Crippen LogP contribution in [-0.4, -0.2) is 4.98 Å². The molecule has 1 heterocycles. The second-order valence-electron chi connectivity index (χ2n) is 4.43. The highest BCUT2D eigenvalue weighted by atomic mass is 35.5. The maximum Gasteiger partial charge on any atom is 0.227 e. The number of hydrogen-bond acceptors (Lipinski definition) is 2. The van der Waals surface area contributed by atoms with Gasteiger partial charge in [0.05, 0.1) is 16.6 Å². The average Bonchev–Trinajstić information content (AvgIpc) is 2.51. The van der Waals surface area contributed by atoms with Gasteiger partial charge in [-0.3, -0.25) is 0 Å². The van der Waals surface area contributed by atoms with Gasteiger partial charge in [0.15, 0.2) is 0 Å². The number of aromatic nitrogens is 1. The monoisotopic (exact) mass is 337 g/mol. The van der Waals surface area contributed by atoms with Crippen LogP contribution in [0.25, 0.3) is 10.8 Å². The van der Waals surface area contributed by atoms with Crippen LogP contribution in [0.2, 0.25) is 10.0 Å². The number of nitrogens with zero attached hydrogens (tertiary/aromatic N) is 1. The fourth-order valence-corrected chi connectivity index (χ4v) is 2.50. The summed E-state index contributed by atoms with van der Waals surface area (Å²) >= 11 is 18.1. The molecule has 0 aliphatic carbocycles. The zero-order chi connectivity index (χ0) is 14.8. The number of pyridine rings is 1. The van der Waals surface area contributed by atoms with Gasteiger partial charge in [-0.2, -0.15) is 0 Å². The molecule has 0 aliphatic heterocycles. The molecule has 0 spiro atoms. The van der Waals surface area contributed by atoms with Gasteiger partial charge in [-0.15, -0.1) is 11.6 Å². The summed E-state index contributed by atoms with van der Waals surface area (Å²) in [6, 6.07) is 15.0. The lowest BCUT2D eigenvalue weighted by atomic mass is 10.1. The first kappa shape index (κ1) is 14.5. The summed E-state index contributed by atoms with van der Waals surface area (Å²) in [7, 11) is 0. The van der Waals surface area contributed by atoms with Crippen LogP contribution in [0, 0.1) is 0 Å². The Hall–Kier alpha value is -1.48. The van der Waals surface area contributed by atoms with Crippen LogP contribution in [0.15, 0.2) is 48.5 Å². The summed E-state index contributed by atoms with van der Waals surface area (Å²) in [5.74, 6) is 1.24. The van der Waals surface area contributed by atoms with Gasteiger partial charge in [0.2, 0.25) is 5.88 Å². The van der Waals surface area contributed by atoms with Gasteiger partial charge in [-0.05, 0) is 29.7 Å². The number of alkyl halides is 1. The molecule has 5 heteroatoms. The van der Waals surface area contributed by atoms with Gasteiger partial charge in [0.1, 0.15) is 10.8 Å². The minimum absolute atomic E-state index is 0.310. The van der Waals surface area contributed by atoms with Crippen LogP contribution >= 0.6 is 34.8 Å². The van der Waals surface area contributed by atoms with Crippen molar-refractivity contribution in [2.45, 2.75) is 5.88 Å². The van der Waals surface area contributed by atoms with Crippen molar-refractivity contribution in [2.24, 2.45) is 0 Å². The van der Waals surface area contributed by atoms with Crippen molar-refractivity contribution in [3.05, 3.63) is 64.3 Å². The smallest absolute Gasteiger partial charge is 0.227 e. The molecule has 21 heavy (non-hydrogen) atoms. The van der Waals surface area contributed by atoms with E-state index < -0.39 is 0 Å². The lowest BCUT2D eigenvalue weighted by Gasteiger charge is -2.11. The summed E-state index contributed by atoms with van der Waals surface area (Å²) in [5.41, 5.74) is 0.739. The van der Waals surface area contributed by atoms with Crippen molar-refractivity contribution < 1.29 is 4.74 Å². The molecule has 0 fully saturated rings. The Balaban J connectivity index is 2.13. The van der Waals surface area contributed by atoms with E-state index in [1.807, 2.05) is 30.3 Å². The summed E-state index contributed by atoms with van der Waals surface area (Å²) in [4.78, 5) is 4.43. The molecule has 0 saturated carbocycles. The first-order valence-corrected chi connectivity index (χ1v) is 7.54. The number of halogens is 3. The first-order chi connectivity index (χ1) is 10.2. The second kappa shape index (κ2) is 6.10. The SMILES string of the molecule is ClCc1cc2ccccc2c(Oc2cccc(Cl)c2Cl)n1. The van der Waals surface area contributed by atoms with Crippen LogP contribution in [0.5, 0.6) is 11.6 Å². The Morgan fingerprint density at radius 2 is 1.81 bits per heavy atom. The molecule has 0 N–H and O–H groups in total. The molecule has 3 rings (SSSR count). The topological polar surface area (TPSA) is 22.1 Å². The summed E-state index contributed by atoms with van der Waals surface area (Å²) in [6.45, 7) is 0. The highest BCUT2D eigenvalue weighted by molar-refractivity contribution is 6.42. The van der Waals surface area contributed by atoms with Gasteiger partial charge in [0.25, 0.3) is 0 Å². The van der Waals surface area contributed by atoms with Crippen molar-refractivity contribution >= 4 is 45.6 Å². The average molecular weight is 339 g/mol. The van der Waals surface area contributed by atoms with Crippen molar-refractivity contribution in [3.8, 4) is 11.6 Å². The van der Waals surface area contributed by atoms with Crippen LogP contribution in [0.3, 0.4) is 0 Å². The molecule has 0 bridgehead atoms. The lowest BCUT2D eigenvalue weighted by Crippen LogP contribution is -1.94. The largest absolute Gasteiger partial charge is 0.437 e. The molecule has 1 aromatic heterocycles. The maximum atomic E-state index is 6.16. The Kier molecular flexibility index (Phi) is 4.20. The van der Waals surface area contributed by atoms with Crippen LogP contribution in [0.1, 0.15) is 5.69 Å².